The quantitative estimate of drug-likeness (QED) is 0.277. The van der Waals surface area contributed by atoms with E-state index >= 15 is 0 Å². The maximum atomic E-state index is 13.0. The van der Waals surface area contributed by atoms with Crippen LogP contribution in [0.5, 0.6) is 0 Å². The average Bonchev–Trinajstić information content (AvgIpc) is 3.57. The van der Waals surface area contributed by atoms with Crippen molar-refractivity contribution < 1.29 is 9.21 Å². The topological polar surface area (TPSA) is 85.8 Å². The normalized spacial score (nSPS) is 11.2. The van der Waals surface area contributed by atoms with Gasteiger partial charge in [0.1, 0.15) is 0 Å². The highest BCUT2D eigenvalue weighted by Crippen LogP contribution is 2.32. The Balaban J connectivity index is 1.33. The first kappa shape index (κ1) is 22.1. The van der Waals surface area contributed by atoms with Crippen LogP contribution in [0, 0.1) is 6.92 Å². The summed E-state index contributed by atoms with van der Waals surface area (Å²) < 4.78 is 7.60. The number of aryl methyl sites for hydroxylation is 1. The molecule has 3 aromatic heterocycles. The minimum Gasteiger partial charge on any atom is -0.461 e. The second-order valence-electron chi connectivity index (χ2n) is 8.28. The Morgan fingerprint density at radius 2 is 1.75 bits per heavy atom. The van der Waals surface area contributed by atoms with Crippen LogP contribution in [-0.2, 0) is 4.79 Å². The summed E-state index contributed by atoms with van der Waals surface area (Å²) in [7, 11) is 0. The van der Waals surface area contributed by atoms with E-state index in [9.17, 15) is 4.79 Å². The fraction of sp³-hybridized carbons (Fsp3) is 0.0714. The summed E-state index contributed by atoms with van der Waals surface area (Å²) in [5, 5.41) is 15.5. The fourth-order valence-electron chi connectivity index (χ4n) is 4.28. The lowest BCUT2D eigenvalue weighted by Gasteiger charge is -2.13. The van der Waals surface area contributed by atoms with E-state index < -0.39 is 0 Å². The van der Waals surface area contributed by atoms with Crippen molar-refractivity contribution in [3.05, 3.63) is 96.9 Å². The smallest absolute Gasteiger partial charge is 0.234 e. The minimum atomic E-state index is -0.136. The van der Waals surface area contributed by atoms with Crippen molar-refractivity contribution in [2.75, 3.05) is 11.1 Å². The van der Waals surface area contributed by atoms with Gasteiger partial charge < -0.3 is 9.73 Å². The molecule has 0 saturated carbocycles. The molecule has 0 aliphatic rings. The summed E-state index contributed by atoms with van der Waals surface area (Å²) in [6, 6.07) is 27.6. The number of amides is 1. The second kappa shape index (κ2) is 9.31. The third-order valence-corrected chi connectivity index (χ3v) is 6.76. The zero-order valence-corrected chi connectivity index (χ0v) is 20.2. The van der Waals surface area contributed by atoms with Crippen LogP contribution in [-0.4, -0.2) is 31.4 Å². The van der Waals surface area contributed by atoms with Gasteiger partial charge in [0.15, 0.2) is 10.9 Å². The number of anilines is 1. The molecule has 3 heterocycles. The van der Waals surface area contributed by atoms with Gasteiger partial charge in [0, 0.05) is 16.5 Å². The summed E-state index contributed by atoms with van der Waals surface area (Å²) in [4.78, 5) is 17.6. The largest absolute Gasteiger partial charge is 0.461 e. The van der Waals surface area contributed by atoms with E-state index in [4.69, 9.17) is 4.42 Å². The Hall–Kier alpha value is -4.43. The average molecular weight is 492 g/mol. The Labute approximate surface area is 211 Å². The molecule has 6 aromatic rings. The Morgan fingerprint density at radius 1 is 0.944 bits per heavy atom. The Kier molecular flexibility index (Phi) is 5.71. The van der Waals surface area contributed by atoms with Gasteiger partial charge in [-0.1, -0.05) is 66.4 Å². The number of para-hydroxylation sites is 1. The van der Waals surface area contributed by atoms with E-state index in [1.165, 1.54) is 11.8 Å². The van der Waals surface area contributed by atoms with Crippen LogP contribution in [0.1, 0.15) is 5.69 Å². The van der Waals surface area contributed by atoms with Gasteiger partial charge in [0.05, 0.1) is 28.9 Å². The molecule has 0 radical (unpaired) electrons. The van der Waals surface area contributed by atoms with Crippen LogP contribution in [0.15, 0.2) is 101 Å². The van der Waals surface area contributed by atoms with E-state index in [0.717, 1.165) is 38.7 Å². The summed E-state index contributed by atoms with van der Waals surface area (Å²) >= 11 is 1.33. The van der Waals surface area contributed by atoms with Crippen LogP contribution in [0.4, 0.5) is 5.69 Å². The van der Waals surface area contributed by atoms with E-state index in [2.05, 4.69) is 38.7 Å². The van der Waals surface area contributed by atoms with Crippen LogP contribution in [0.3, 0.4) is 0 Å². The number of fused-ring (bicyclic) bond motifs is 2. The molecule has 0 aliphatic carbocycles. The maximum absolute atomic E-state index is 13.0. The highest BCUT2D eigenvalue weighted by molar-refractivity contribution is 7.99. The molecule has 8 heteroatoms. The van der Waals surface area contributed by atoms with Crippen molar-refractivity contribution in [1.82, 2.24) is 19.7 Å². The van der Waals surface area contributed by atoms with Crippen LogP contribution in [0.2, 0.25) is 0 Å². The molecule has 176 valence electrons. The van der Waals surface area contributed by atoms with Crippen molar-refractivity contribution in [2.24, 2.45) is 0 Å². The van der Waals surface area contributed by atoms with E-state index in [-0.39, 0.29) is 11.7 Å². The fourth-order valence-corrected chi connectivity index (χ4v) is 5.02. The van der Waals surface area contributed by atoms with Gasteiger partial charge in [0.2, 0.25) is 11.7 Å². The van der Waals surface area contributed by atoms with Crippen molar-refractivity contribution in [3.8, 4) is 17.3 Å². The molecule has 1 N–H and O–H groups in total. The highest BCUT2D eigenvalue weighted by atomic mass is 32.2. The number of carbonyl (C=O) groups excluding carboxylic acids is 1. The SMILES string of the molecule is Cc1cc(NC(=O)CSc2nnc(-c3ccco3)n2-c2cccc3ccccc23)c2ccccc2n1. The molecule has 36 heavy (non-hydrogen) atoms. The van der Waals surface area contributed by atoms with Gasteiger partial charge in [0.25, 0.3) is 0 Å². The monoisotopic (exact) mass is 491 g/mol. The van der Waals surface area contributed by atoms with Gasteiger partial charge in [-0.15, -0.1) is 10.2 Å². The standard InChI is InChI=1S/C28H21N5O2S/c1-18-16-23(21-11-4-5-12-22(21)29-18)30-26(34)17-36-28-32-31-27(25-14-7-15-35-25)33(28)24-13-6-9-19-8-2-3-10-20(19)24/h2-16H,17H2,1H3,(H,29,30,34). The summed E-state index contributed by atoms with van der Waals surface area (Å²) in [6.07, 6.45) is 1.61. The number of benzene rings is 3. The van der Waals surface area contributed by atoms with Crippen molar-refractivity contribution in [2.45, 2.75) is 12.1 Å². The summed E-state index contributed by atoms with van der Waals surface area (Å²) in [6.45, 7) is 1.92. The van der Waals surface area contributed by atoms with Gasteiger partial charge in [-0.05, 0) is 42.6 Å². The van der Waals surface area contributed by atoms with E-state index in [1.54, 1.807) is 6.26 Å². The number of pyridine rings is 1. The number of rotatable bonds is 6. The number of thioether (sulfide) groups is 1. The molecule has 0 fully saturated rings. The predicted molar refractivity (Wildman–Crippen MR) is 142 cm³/mol. The molecule has 0 spiro atoms. The Morgan fingerprint density at radius 3 is 2.61 bits per heavy atom. The highest BCUT2D eigenvalue weighted by Gasteiger charge is 2.20. The van der Waals surface area contributed by atoms with Crippen LogP contribution < -0.4 is 5.32 Å². The van der Waals surface area contributed by atoms with Crippen LogP contribution in [0.25, 0.3) is 38.9 Å². The van der Waals surface area contributed by atoms with E-state index in [0.29, 0.717) is 16.7 Å². The number of nitrogens with one attached hydrogen (secondary N) is 1. The van der Waals surface area contributed by atoms with Crippen molar-refractivity contribution >= 4 is 45.0 Å². The number of nitrogens with zero attached hydrogens (tertiary/aromatic N) is 4. The molecule has 0 saturated heterocycles. The maximum Gasteiger partial charge on any atom is 0.234 e. The third kappa shape index (κ3) is 4.12. The molecular formula is C28H21N5O2S. The third-order valence-electron chi connectivity index (χ3n) is 5.83. The molecule has 6 rings (SSSR count). The molecule has 0 atom stereocenters. The van der Waals surface area contributed by atoms with Crippen molar-refractivity contribution in [3.63, 3.8) is 0 Å². The van der Waals surface area contributed by atoms with Gasteiger partial charge >= 0.3 is 0 Å². The zero-order chi connectivity index (χ0) is 24.5. The summed E-state index contributed by atoms with van der Waals surface area (Å²) in [5.41, 5.74) is 3.35. The molecule has 3 aromatic carbocycles. The number of hydrogen-bond donors (Lipinski definition) is 1. The molecular weight excluding hydrogens is 470 g/mol. The summed E-state index contributed by atoms with van der Waals surface area (Å²) in [5.74, 6) is 1.21. The first-order chi connectivity index (χ1) is 17.7. The minimum absolute atomic E-state index is 0.136. The predicted octanol–water partition coefficient (Wildman–Crippen LogP) is 6.27. The zero-order valence-electron chi connectivity index (χ0n) is 19.4. The lowest BCUT2D eigenvalue weighted by Crippen LogP contribution is -2.15. The number of aromatic nitrogens is 4. The molecule has 0 unspecified atom stereocenters. The van der Waals surface area contributed by atoms with Crippen molar-refractivity contribution in [1.29, 1.82) is 0 Å². The second-order valence-corrected chi connectivity index (χ2v) is 9.22. The number of hydrogen-bond acceptors (Lipinski definition) is 6. The lowest BCUT2D eigenvalue weighted by molar-refractivity contribution is -0.113. The molecule has 1 amide bonds. The first-order valence-corrected chi connectivity index (χ1v) is 12.4. The number of carbonyl (C=O) groups is 1. The first-order valence-electron chi connectivity index (χ1n) is 11.4. The lowest BCUT2D eigenvalue weighted by atomic mass is 10.1. The van der Waals surface area contributed by atoms with E-state index in [1.807, 2.05) is 78.2 Å². The van der Waals surface area contributed by atoms with Gasteiger partial charge in [-0.3, -0.25) is 14.3 Å². The number of furan rings is 1. The van der Waals surface area contributed by atoms with Gasteiger partial charge in [-0.2, -0.15) is 0 Å². The Bertz CT molecular complexity index is 1700. The molecule has 7 nitrogen and oxygen atoms in total. The molecule has 0 bridgehead atoms. The van der Waals surface area contributed by atoms with Gasteiger partial charge in [-0.25, -0.2) is 0 Å². The van der Waals surface area contributed by atoms with Crippen LogP contribution >= 0.6 is 11.8 Å². The molecule has 0 aliphatic heterocycles.